The minimum absolute atomic E-state index is 0.0421. The summed E-state index contributed by atoms with van der Waals surface area (Å²) < 4.78 is 5.96. The van der Waals surface area contributed by atoms with Gasteiger partial charge >= 0.3 is 0 Å². The van der Waals surface area contributed by atoms with Crippen LogP contribution in [0.25, 0.3) is 0 Å². The molecule has 1 unspecified atom stereocenters. The van der Waals surface area contributed by atoms with E-state index < -0.39 is 0 Å². The molecular formula is C19H26N4O. The number of para-hydroxylation sites is 1. The third-order valence-corrected chi connectivity index (χ3v) is 3.60. The second-order valence-electron chi connectivity index (χ2n) is 5.64. The van der Waals surface area contributed by atoms with Crippen LogP contribution in [-0.2, 0) is 6.42 Å². The smallest absolute Gasteiger partial charge is 0.191 e. The third-order valence-electron chi connectivity index (χ3n) is 3.60. The minimum atomic E-state index is 0.0421. The predicted molar refractivity (Wildman–Crippen MR) is 98.6 cm³/mol. The molecule has 0 aliphatic rings. The van der Waals surface area contributed by atoms with Crippen LogP contribution in [0.5, 0.6) is 5.75 Å². The van der Waals surface area contributed by atoms with Crippen LogP contribution in [0.4, 0.5) is 0 Å². The van der Waals surface area contributed by atoms with Crippen molar-refractivity contribution in [2.75, 3.05) is 20.1 Å². The van der Waals surface area contributed by atoms with E-state index in [1.165, 1.54) is 0 Å². The van der Waals surface area contributed by atoms with Crippen molar-refractivity contribution in [1.82, 2.24) is 15.6 Å². The van der Waals surface area contributed by atoms with Crippen LogP contribution in [-0.4, -0.2) is 37.2 Å². The summed E-state index contributed by atoms with van der Waals surface area (Å²) in [7, 11) is 1.77. The van der Waals surface area contributed by atoms with E-state index in [4.69, 9.17) is 4.74 Å². The number of aliphatic imine (C=N–C) groups is 1. The maximum Gasteiger partial charge on any atom is 0.191 e. The average molecular weight is 326 g/mol. The molecule has 5 nitrogen and oxygen atoms in total. The molecule has 2 rings (SSSR count). The summed E-state index contributed by atoms with van der Waals surface area (Å²) in [4.78, 5) is 8.54. The zero-order chi connectivity index (χ0) is 17.2. The second-order valence-corrected chi connectivity index (χ2v) is 5.64. The van der Waals surface area contributed by atoms with E-state index in [0.29, 0.717) is 6.54 Å². The molecule has 5 heteroatoms. The second kappa shape index (κ2) is 9.55. The van der Waals surface area contributed by atoms with E-state index in [-0.39, 0.29) is 6.10 Å². The number of aryl methyl sites for hydroxylation is 1. The van der Waals surface area contributed by atoms with Crippen molar-refractivity contribution in [3.05, 3.63) is 59.9 Å². The van der Waals surface area contributed by atoms with Gasteiger partial charge in [0.05, 0.1) is 6.54 Å². The summed E-state index contributed by atoms with van der Waals surface area (Å²) in [6.45, 7) is 5.55. The molecule has 2 N–H and O–H groups in total. The lowest BCUT2D eigenvalue weighted by Crippen LogP contribution is -2.42. The van der Waals surface area contributed by atoms with Crippen molar-refractivity contribution in [1.29, 1.82) is 0 Å². The molecule has 1 aromatic carbocycles. The lowest BCUT2D eigenvalue weighted by Gasteiger charge is -2.18. The summed E-state index contributed by atoms with van der Waals surface area (Å²) in [6.07, 6.45) is 2.71. The van der Waals surface area contributed by atoms with Gasteiger partial charge in [-0.3, -0.25) is 9.98 Å². The van der Waals surface area contributed by atoms with Gasteiger partial charge in [-0.05, 0) is 37.6 Å². The van der Waals surface area contributed by atoms with Crippen molar-refractivity contribution in [2.45, 2.75) is 26.4 Å². The van der Waals surface area contributed by atoms with Gasteiger partial charge < -0.3 is 15.4 Å². The monoisotopic (exact) mass is 326 g/mol. The molecule has 1 atom stereocenters. The summed E-state index contributed by atoms with van der Waals surface area (Å²) in [5, 5.41) is 6.58. The van der Waals surface area contributed by atoms with Crippen LogP contribution in [0.2, 0.25) is 0 Å². The highest BCUT2D eigenvalue weighted by molar-refractivity contribution is 5.79. The maximum atomic E-state index is 5.96. The quantitative estimate of drug-likeness (QED) is 0.606. The fourth-order valence-electron chi connectivity index (χ4n) is 2.26. The van der Waals surface area contributed by atoms with Crippen molar-refractivity contribution < 1.29 is 4.74 Å². The number of nitrogens with one attached hydrogen (secondary N) is 2. The molecule has 0 bridgehead atoms. The maximum absolute atomic E-state index is 5.96. The third kappa shape index (κ3) is 5.91. The Morgan fingerprint density at radius 2 is 1.96 bits per heavy atom. The van der Waals surface area contributed by atoms with E-state index in [0.717, 1.165) is 35.9 Å². The largest absolute Gasteiger partial charge is 0.489 e. The highest BCUT2D eigenvalue weighted by atomic mass is 16.5. The number of hydrogen-bond acceptors (Lipinski definition) is 3. The Hall–Kier alpha value is -2.56. The minimum Gasteiger partial charge on any atom is -0.489 e. The zero-order valence-corrected chi connectivity index (χ0v) is 14.6. The SMILES string of the molecule is CN=C(NCCc1ccccn1)NCC(C)Oc1ccccc1C. The van der Waals surface area contributed by atoms with Crippen LogP contribution in [0.15, 0.2) is 53.7 Å². The molecule has 0 saturated heterocycles. The number of ether oxygens (including phenoxy) is 1. The Kier molecular flexibility index (Phi) is 7.08. The Morgan fingerprint density at radius 1 is 1.17 bits per heavy atom. The normalized spacial score (nSPS) is 12.5. The molecule has 0 aliphatic heterocycles. The van der Waals surface area contributed by atoms with Crippen LogP contribution < -0.4 is 15.4 Å². The van der Waals surface area contributed by atoms with Gasteiger partial charge in [0.1, 0.15) is 11.9 Å². The van der Waals surface area contributed by atoms with Gasteiger partial charge in [-0.15, -0.1) is 0 Å². The molecular weight excluding hydrogens is 300 g/mol. The highest BCUT2D eigenvalue weighted by Gasteiger charge is 2.07. The van der Waals surface area contributed by atoms with Crippen LogP contribution >= 0.6 is 0 Å². The number of hydrogen-bond donors (Lipinski definition) is 2. The molecule has 0 radical (unpaired) electrons. The number of pyridine rings is 1. The van der Waals surface area contributed by atoms with E-state index in [1.807, 2.05) is 62.5 Å². The Labute approximate surface area is 144 Å². The fraction of sp³-hybridized carbons (Fsp3) is 0.368. The predicted octanol–water partition coefficient (Wildman–Crippen LogP) is 2.57. The first-order valence-electron chi connectivity index (χ1n) is 8.25. The average Bonchev–Trinajstić information content (AvgIpc) is 2.61. The molecule has 0 amide bonds. The summed E-state index contributed by atoms with van der Waals surface area (Å²) in [6, 6.07) is 14.0. The molecule has 0 aliphatic carbocycles. The van der Waals surface area contributed by atoms with E-state index in [9.17, 15) is 0 Å². The Balaban J connectivity index is 1.72. The van der Waals surface area contributed by atoms with Crippen LogP contribution in [0.3, 0.4) is 0 Å². The number of benzene rings is 1. The molecule has 1 aromatic heterocycles. The summed E-state index contributed by atoms with van der Waals surface area (Å²) in [5.74, 6) is 1.69. The zero-order valence-electron chi connectivity index (χ0n) is 14.6. The highest BCUT2D eigenvalue weighted by Crippen LogP contribution is 2.17. The molecule has 128 valence electrons. The van der Waals surface area contributed by atoms with Crippen molar-refractivity contribution in [3.63, 3.8) is 0 Å². The van der Waals surface area contributed by atoms with Gasteiger partial charge in [-0.1, -0.05) is 24.3 Å². The first-order chi connectivity index (χ1) is 11.7. The molecule has 1 heterocycles. The lowest BCUT2D eigenvalue weighted by atomic mass is 10.2. The molecule has 2 aromatic rings. The standard InChI is InChI=1S/C19H26N4O/c1-15-8-4-5-10-18(15)24-16(2)14-23-19(20-3)22-13-11-17-9-6-7-12-21-17/h4-10,12,16H,11,13-14H2,1-3H3,(H2,20,22,23). The first kappa shape index (κ1) is 17.8. The molecule has 24 heavy (non-hydrogen) atoms. The fourth-order valence-corrected chi connectivity index (χ4v) is 2.26. The molecule has 0 fully saturated rings. The van der Waals surface area contributed by atoms with Crippen molar-refractivity contribution >= 4 is 5.96 Å². The van der Waals surface area contributed by atoms with Crippen molar-refractivity contribution in [2.24, 2.45) is 4.99 Å². The summed E-state index contributed by atoms with van der Waals surface area (Å²) in [5.41, 5.74) is 2.21. The van der Waals surface area contributed by atoms with Crippen molar-refractivity contribution in [3.8, 4) is 5.75 Å². The van der Waals surface area contributed by atoms with Gasteiger partial charge in [0.25, 0.3) is 0 Å². The summed E-state index contributed by atoms with van der Waals surface area (Å²) >= 11 is 0. The van der Waals surface area contributed by atoms with E-state index in [2.05, 4.69) is 20.6 Å². The van der Waals surface area contributed by atoms with Crippen LogP contribution in [0.1, 0.15) is 18.2 Å². The molecule has 0 spiro atoms. The number of guanidine groups is 1. The Morgan fingerprint density at radius 3 is 2.67 bits per heavy atom. The van der Waals surface area contributed by atoms with Gasteiger partial charge in [-0.25, -0.2) is 0 Å². The molecule has 0 saturated carbocycles. The number of aromatic nitrogens is 1. The van der Waals surface area contributed by atoms with E-state index >= 15 is 0 Å². The number of rotatable bonds is 7. The topological polar surface area (TPSA) is 58.5 Å². The Bertz CT molecular complexity index is 643. The first-order valence-corrected chi connectivity index (χ1v) is 8.25. The number of nitrogens with zero attached hydrogens (tertiary/aromatic N) is 2. The van der Waals surface area contributed by atoms with Gasteiger partial charge in [-0.2, -0.15) is 0 Å². The van der Waals surface area contributed by atoms with Gasteiger partial charge in [0.15, 0.2) is 5.96 Å². The van der Waals surface area contributed by atoms with Crippen LogP contribution in [0, 0.1) is 6.92 Å². The van der Waals surface area contributed by atoms with Gasteiger partial charge in [0.2, 0.25) is 0 Å². The van der Waals surface area contributed by atoms with Gasteiger partial charge in [0, 0.05) is 31.9 Å². The van der Waals surface area contributed by atoms with E-state index in [1.54, 1.807) is 7.05 Å². The lowest BCUT2D eigenvalue weighted by molar-refractivity contribution is 0.222.